The molecule has 1 amide bonds. The summed E-state index contributed by atoms with van der Waals surface area (Å²) in [5.74, 6) is -0.989. The lowest BCUT2D eigenvalue weighted by atomic mass is 9.84. The van der Waals surface area contributed by atoms with Gasteiger partial charge in [0.1, 0.15) is 17.6 Å². The van der Waals surface area contributed by atoms with Gasteiger partial charge in [0.25, 0.3) is 11.7 Å². The fourth-order valence-corrected chi connectivity index (χ4v) is 4.53. The number of rotatable bonds is 6. The molecular formula is C30H33N3O4. The number of aliphatic hydroxyl groups is 1. The maximum absolute atomic E-state index is 13.4. The van der Waals surface area contributed by atoms with Crippen molar-refractivity contribution in [1.82, 2.24) is 4.98 Å². The molecular weight excluding hydrogens is 466 g/mol. The van der Waals surface area contributed by atoms with E-state index >= 15 is 0 Å². The average molecular weight is 500 g/mol. The molecule has 1 aromatic heterocycles. The Kier molecular flexibility index (Phi) is 7.07. The monoisotopic (exact) mass is 499 g/mol. The van der Waals surface area contributed by atoms with Crippen LogP contribution in [0, 0.1) is 0 Å². The number of ketones is 1. The standard InChI is InChI=1S/C30H33N3O4/c1-7-37-24-16-11-19(18-22(24)30(2,3)4)27(34)25-26(23-10-8-9-17-31-23)33(29(36)28(25)35)21-14-12-20(13-15-21)32(5)6/h8-18,26,34H,7H2,1-6H3/b27-25-. The molecule has 0 saturated carbocycles. The summed E-state index contributed by atoms with van der Waals surface area (Å²) in [5, 5.41) is 11.5. The average Bonchev–Trinajstić information content (AvgIpc) is 3.14. The van der Waals surface area contributed by atoms with Gasteiger partial charge in [-0.2, -0.15) is 0 Å². The highest BCUT2D eigenvalue weighted by Gasteiger charge is 2.47. The Labute approximate surface area is 218 Å². The van der Waals surface area contributed by atoms with Crippen molar-refractivity contribution in [2.45, 2.75) is 39.2 Å². The van der Waals surface area contributed by atoms with Crippen LogP contribution in [0.3, 0.4) is 0 Å². The molecule has 4 rings (SSSR count). The summed E-state index contributed by atoms with van der Waals surface area (Å²) >= 11 is 0. The number of benzene rings is 2. The number of carbonyl (C=O) groups excluding carboxylic acids is 2. The largest absolute Gasteiger partial charge is 0.507 e. The van der Waals surface area contributed by atoms with Crippen LogP contribution in [0.4, 0.5) is 11.4 Å². The Morgan fingerprint density at radius 1 is 1.05 bits per heavy atom. The number of Topliss-reactive ketones (excluding diaryl/α,β-unsaturated/α-hetero) is 1. The van der Waals surface area contributed by atoms with E-state index in [2.05, 4.69) is 25.8 Å². The number of aromatic nitrogens is 1. The number of hydrogen-bond donors (Lipinski definition) is 1. The van der Waals surface area contributed by atoms with Gasteiger partial charge in [0.15, 0.2) is 0 Å². The third-order valence-corrected chi connectivity index (χ3v) is 6.42. The Hall–Kier alpha value is -4.13. The van der Waals surface area contributed by atoms with E-state index in [4.69, 9.17) is 4.74 Å². The molecule has 1 aliphatic heterocycles. The van der Waals surface area contributed by atoms with E-state index in [0.29, 0.717) is 29.3 Å². The summed E-state index contributed by atoms with van der Waals surface area (Å²) < 4.78 is 5.81. The van der Waals surface area contributed by atoms with E-state index in [1.165, 1.54) is 4.90 Å². The van der Waals surface area contributed by atoms with E-state index in [1.54, 1.807) is 48.7 Å². The molecule has 2 heterocycles. The van der Waals surface area contributed by atoms with Crippen LogP contribution in [0.2, 0.25) is 0 Å². The van der Waals surface area contributed by atoms with Gasteiger partial charge in [0.05, 0.1) is 17.9 Å². The van der Waals surface area contributed by atoms with Gasteiger partial charge in [0, 0.05) is 42.8 Å². The van der Waals surface area contributed by atoms with Gasteiger partial charge in [0.2, 0.25) is 0 Å². The minimum atomic E-state index is -0.879. The van der Waals surface area contributed by atoms with Crippen LogP contribution < -0.4 is 14.5 Å². The first-order valence-electron chi connectivity index (χ1n) is 12.3. The molecule has 37 heavy (non-hydrogen) atoms. The number of amides is 1. The lowest BCUT2D eigenvalue weighted by Gasteiger charge is -2.26. The lowest BCUT2D eigenvalue weighted by molar-refractivity contribution is -0.132. The van der Waals surface area contributed by atoms with E-state index in [9.17, 15) is 14.7 Å². The first-order chi connectivity index (χ1) is 17.5. The Morgan fingerprint density at radius 2 is 1.76 bits per heavy atom. The van der Waals surface area contributed by atoms with Crippen LogP contribution in [-0.2, 0) is 15.0 Å². The van der Waals surface area contributed by atoms with E-state index in [-0.39, 0.29) is 16.7 Å². The van der Waals surface area contributed by atoms with Gasteiger partial charge in [-0.15, -0.1) is 0 Å². The zero-order valence-corrected chi connectivity index (χ0v) is 22.1. The summed E-state index contributed by atoms with van der Waals surface area (Å²) in [6.45, 7) is 8.59. The van der Waals surface area contributed by atoms with Crippen molar-refractivity contribution in [3.05, 3.63) is 89.3 Å². The maximum atomic E-state index is 13.4. The molecule has 2 aromatic carbocycles. The summed E-state index contributed by atoms with van der Waals surface area (Å²) in [6, 6.07) is 17.1. The second-order valence-electron chi connectivity index (χ2n) is 10.2. The molecule has 1 aliphatic rings. The summed E-state index contributed by atoms with van der Waals surface area (Å²) in [5.41, 5.74) is 3.05. The smallest absolute Gasteiger partial charge is 0.300 e. The molecule has 7 nitrogen and oxygen atoms in total. The summed E-state index contributed by atoms with van der Waals surface area (Å²) in [4.78, 5) is 34.7. The molecule has 1 saturated heterocycles. The van der Waals surface area contributed by atoms with E-state index in [0.717, 1.165) is 11.3 Å². The molecule has 0 spiro atoms. The van der Waals surface area contributed by atoms with Crippen molar-refractivity contribution in [2.24, 2.45) is 0 Å². The van der Waals surface area contributed by atoms with Gasteiger partial charge in [-0.1, -0.05) is 26.8 Å². The number of hydrogen-bond acceptors (Lipinski definition) is 6. The van der Waals surface area contributed by atoms with Crippen LogP contribution in [0.5, 0.6) is 5.75 Å². The Bertz CT molecular complexity index is 1340. The summed E-state index contributed by atoms with van der Waals surface area (Å²) in [6.07, 6.45) is 1.61. The number of nitrogens with zero attached hydrogens (tertiary/aromatic N) is 3. The fraction of sp³-hybridized carbons (Fsp3) is 0.300. The topological polar surface area (TPSA) is 83.0 Å². The highest BCUT2D eigenvalue weighted by atomic mass is 16.5. The molecule has 1 fully saturated rings. The van der Waals surface area contributed by atoms with Gasteiger partial charge in [-0.25, -0.2) is 0 Å². The quantitative estimate of drug-likeness (QED) is 0.275. The van der Waals surface area contributed by atoms with E-state index in [1.807, 2.05) is 44.1 Å². The SMILES string of the molecule is CCOc1ccc(/C(O)=C2/C(=O)C(=O)N(c3ccc(N(C)C)cc3)C2c2ccccn2)cc1C(C)(C)C. The highest BCUT2D eigenvalue weighted by molar-refractivity contribution is 6.51. The zero-order valence-electron chi connectivity index (χ0n) is 22.1. The van der Waals surface area contributed by atoms with Crippen molar-refractivity contribution in [3.8, 4) is 5.75 Å². The van der Waals surface area contributed by atoms with Crippen LogP contribution in [0.25, 0.3) is 5.76 Å². The van der Waals surface area contributed by atoms with Crippen LogP contribution >= 0.6 is 0 Å². The van der Waals surface area contributed by atoms with Crippen molar-refractivity contribution >= 4 is 28.8 Å². The molecule has 3 aromatic rings. The first kappa shape index (κ1) is 25.9. The molecule has 192 valence electrons. The third kappa shape index (κ3) is 4.94. The Morgan fingerprint density at radius 3 is 2.32 bits per heavy atom. The number of aliphatic hydroxyl groups excluding tert-OH is 1. The van der Waals surface area contributed by atoms with Crippen molar-refractivity contribution in [3.63, 3.8) is 0 Å². The molecule has 0 radical (unpaired) electrons. The number of pyridine rings is 1. The van der Waals surface area contributed by atoms with Crippen molar-refractivity contribution in [1.29, 1.82) is 0 Å². The molecule has 7 heteroatoms. The number of anilines is 2. The van der Waals surface area contributed by atoms with Gasteiger partial charge in [-0.3, -0.25) is 19.5 Å². The Balaban J connectivity index is 1.91. The summed E-state index contributed by atoms with van der Waals surface area (Å²) in [7, 11) is 3.86. The highest BCUT2D eigenvalue weighted by Crippen LogP contribution is 2.42. The molecule has 1 atom stereocenters. The number of carbonyl (C=O) groups is 2. The van der Waals surface area contributed by atoms with Crippen LogP contribution in [0.1, 0.15) is 50.6 Å². The second kappa shape index (κ2) is 10.1. The fourth-order valence-electron chi connectivity index (χ4n) is 4.53. The van der Waals surface area contributed by atoms with Crippen LogP contribution in [0.15, 0.2) is 72.4 Å². The lowest BCUT2D eigenvalue weighted by Crippen LogP contribution is -2.29. The van der Waals surface area contributed by atoms with Crippen LogP contribution in [-0.4, -0.2) is 42.5 Å². The molecule has 1 unspecified atom stereocenters. The number of ether oxygens (including phenoxy) is 1. The normalized spacial score (nSPS) is 17.2. The van der Waals surface area contributed by atoms with Gasteiger partial charge >= 0.3 is 0 Å². The third-order valence-electron chi connectivity index (χ3n) is 6.42. The molecule has 0 aliphatic carbocycles. The molecule has 1 N–H and O–H groups in total. The minimum absolute atomic E-state index is 0.00408. The predicted octanol–water partition coefficient (Wildman–Crippen LogP) is 5.47. The van der Waals surface area contributed by atoms with E-state index < -0.39 is 17.7 Å². The van der Waals surface area contributed by atoms with Gasteiger partial charge in [-0.05, 0) is 66.9 Å². The zero-order chi connectivity index (χ0) is 26.9. The minimum Gasteiger partial charge on any atom is -0.507 e. The van der Waals surface area contributed by atoms with Gasteiger partial charge < -0.3 is 14.7 Å². The van der Waals surface area contributed by atoms with Crippen molar-refractivity contribution < 1.29 is 19.4 Å². The van der Waals surface area contributed by atoms with Crippen molar-refractivity contribution in [2.75, 3.05) is 30.5 Å². The predicted molar refractivity (Wildman–Crippen MR) is 146 cm³/mol. The maximum Gasteiger partial charge on any atom is 0.300 e. The molecule has 0 bridgehead atoms. The second-order valence-corrected chi connectivity index (χ2v) is 10.2. The first-order valence-corrected chi connectivity index (χ1v) is 12.3.